The Balaban J connectivity index is 1.68. The van der Waals surface area contributed by atoms with Gasteiger partial charge in [-0.05, 0) is 66.3 Å². The maximum Gasteiger partial charge on any atom is 0.332 e. The number of rotatable bonds is 5. The maximum absolute atomic E-state index is 13.0. The first-order chi connectivity index (χ1) is 12.0. The summed E-state index contributed by atoms with van der Waals surface area (Å²) in [7, 11) is -4.63. The molecule has 3 rings (SSSR count). The topological polar surface area (TPSA) is 34.1 Å². The summed E-state index contributed by atoms with van der Waals surface area (Å²) in [5, 5.41) is 0. The van der Waals surface area contributed by atoms with Gasteiger partial charge in [-0.2, -0.15) is 8.42 Å². The summed E-state index contributed by atoms with van der Waals surface area (Å²) in [5.41, 5.74) is 3.30. The van der Waals surface area contributed by atoms with Crippen molar-refractivity contribution in [3.63, 3.8) is 0 Å². The van der Waals surface area contributed by atoms with Crippen molar-refractivity contribution >= 4 is 10.2 Å². The fraction of sp³-hybridized carbons (Fsp3) is 0.429. The third kappa shape index (κ3) is 4.49. The molecule has 0 amide bonds. The van der Waals surface area contributed by atoms with Crippen LogP contribution in [0, 0.1) is 5.92 Å². The monoisotopic (exact) mass is 360 g/mol. The van der Waals surface area contributed by atoms with E-state index in [1.165, 1.54) is 56.2 Å². The molecule has 2 aromatic carbocycles. The second-order valence-electron chi connectivity index (χ2n) is 7.09. The van der Waals surface area contributed by atoms with Gasteiger partial charge < -0.3 is 0 Å². The summed E-state index contributed by atoms with van der Waals surface area (Å²) < 4.78 is 34.8. The Morgan fingerprint density at radius 1 is 0.880 bits per heavy atom. The smallest absolute Gasteiger partial charge is 0.189 e. The molecule has 0 spiro atoms. The van der Waals surface area contributed by atoms with Gasteiger partial charge in [-0.25, -0.2) is 0 Å². The van der Waals surface area contributed by atoms with E-state index in [4.69, 9.17) is 0 Å². The quantitative estimate of drug-likeness (QED) is 0.605. The largest absolute Gasteiger partial charge is 0.332 e. The Morgan fingerprint density at radius 2 is 1.40 bits per heavy atom. The third-order valence-electron chi connectivity index (χ3n) is 5.39. The van der Waals surface area contributed by atoms with Gasteiger partial charge in [0.2, 0.25) is 0 Å². The van der Waals surface area contributed by atoms with Gasteiger partial charge in [0.25, 0.3) is 0 Å². The lowest BCUT2D eigenvalue weighted by molar-refractivity contribution is 0.308. The van der Waals surface area contributed by atoms with Crippen LogP contribution in [-0.2, 0) is 10.2 Å². The standard InChI is InChI=1S/C21H25FO2S/c1-2-3-16-4-6-17(7-5-16)18-8-10-19(11-9-18)20-12-14-21(15-13-20)25(22,23)24/h8-17H,2-7H2,1H3. The first kappa shape index (κ1) is 18.1. The number of halogens is 1. The first-order valence-electron chi connectivity index (χ1n) is 9.12. The lowest BCUT2D eigenvalue weighted by Gasteiger charge is -2.28. The molecule has 0 atom stereocenters. The van der Waals surface area contributed by atoms with Gasteiger partial charge >= 0.3 is 10.2 Å². The molecule has 4 heteroatoms. The van der Waals surface area contributed by atoms with Crippen LogP contribution in [-0.4, -0.2) is 8.42 Å². The van der Waals surface area contributed by atoms with Crippen LogP contribution < -0.4 is 0 Å². The molecular weight excluding hydrogens is 335 g/mol. The predicted octanol–water partition coefficient (Wildman–Crippen LogP) is 6.09. The van der Waals surface area contributed by atoms with Gasteiger partial charge in [0.05, 0.1) is 4.90 Å². The van der Waals surface area contributed by atoms with Crippen LogP contribution in [0.1, 0.15) is 56.9 Å². The summed E-state index contributed by atoms with van der Waals surface area (Å²) in [5.74, 6) is 1.56. The summed E-state index contributed by atoms with van der Waals surface area (Å²) in [6, 6.07) is 14.4. The Morgan fingerprint density at radius 3 is 1.88 bits per heavy atom. The van der Waals surface area contributed by atoms with E-state index in [0.29, 0.717) is 5.92 Å². The van der Waals surface area contributed by atoms with Gasteiger partial charge in [-0.3, -0.25) is 0 Å². The Kier molecular flexibility index (Phi) is 5.57. The minimum Gasteiger partial charge on any atom is -0.189 e. The third-order valence-corrected chi connectivity index (χ3v) is 6.23. The van der Waals surface area contributed by atoms with Gasteiger partial charge in [0, 0.05) is 0 Å². The van der Waals surface area contributed by atoms with Crippen molar-refractivity contribution in [3.05, 3.63) is 54.1 Å². The maximum atomic E-state index is 13.0. The molecule has 25 heavy (non-hydrogen) atoms. The highest BCUT2D eigenvalue weighted by Crippen LogP contribution is 2.38. The number of hydrogen-bond donors (Lipinski definition) is 0. The van der Waals surface area contributed by atoms with E-state index in [9.17, 15) is 12.3 Å². The van der Waals surface area contributed by atoms with Crippen LogP contribution in [0.25, 0.3) is 11.1 Å². The lowest BCUT2D eigenvalue weighted by Crippen LogP contribution is -2.13. The highest BCUT2D eigenvalue weighted by molar-refractivity contribution is 7.86. The van der Waals surface area contributed by atoms with Crippen molar-refractivity contribution in [1.82, 2.24) is 0 Å². The number of hydrogen-bond acceptors (Lipinski definition) is 2. The van der Waals surface area contributed by atoms with Crippen molar-refractivity contribution in [1.29, 1.82) is 0 Å². The van der Waals surface area contributed by atoms with E-state index in [1.807, 2.05) is 0 Å². The van der Waals surface area contributed by atoms with Gasteiger partial charge in [-0.1, -0.05) is 56.2 Å². The predicted molar refractivity (Wildman–Crippen MR) is 99.8 cm³/mol. The SMILES string of the molecule is CCCC1CCC(c2ccc(-c3ccc(S(=O)(=O)F)cc3)cc2)CC1. The van der Waals surface area contributed by atoms with Crippen LogP contribution >= 0.6 is 0 Å². The summed E-state index contributed by atoms with van der Waals surface area (Å²) in [6.07, 6.45) is 7.85. The van der Waals surface area contributed by atoms with Crippen molar-refractivity contribution < 1.29 is 12.3 Å². The Bertz CT molecular complexity index is 787. The van der Waals surface area contributed by atoms with Crippen molar-refractivity contribution in [2.45, 2.75) is 56.3 Å². The zero-order chi connectivity index (χ0) is 17.9. The molecule has 2 nitrogen and oxygen atoms in total. The molecule has 1 aliphatic carbocycles. The molecule has 1 saturated carbocycles. The van der Waals surface area contributed by atoms with Crippen LogP contribution in [0.15, 0.2) is 53.4 Å². The van der Waals surface area contributed by atoms with Gasteiger partial charge in [0.15, 0.2) is 0 Å². The lowest BCUT2D eigenvalue weighted by atomic mass is 9.77. The van der Waals surface area contributed by atoms with E-state index in [2.05, 4.69) is 31.2 Å². The van der Waals surface area contributed by atoms with Crippen molar-refractivity contribution in [3.8, 4) is 11.1 Å². The first-order valence-corrected chi connectivity index (χ1v) is 10.5. The molecule has 0 heterocycles. The van der Waals surface area contributed by atoms with Crippen molar-refractivity contribution in [2.24, 2.45) is 5.92 Å². The molecule has 2 aromatic rings. The second-order valence-corrected chi connectivity index (χ2v) is 8.44. The number of benzene rings is 2. The molecule has 0 N–H and O–H groups in total. The molecule has 0 unspecified atom stereocenters. The highest BCUT2D eigenvalue weighted by atomic mass is 32.3. The van der Waals surface area contributed by atoms with E-state index in [0.717, 1.165) is 17.0 Å². The molecule has 0 bridgehead atoms. The normalized spacial score (nSPS) is 21.2. The molecule has 1 aliphatic rings. The van der Waals surface area contributed by atoms with Gasteiger partial charge in [-0.15, -0.1) is 3.89 Å². The Labute approximate surface area is 150 Å². The second kappa shape index (κ2) is 7.69. The summed E-state index contributed by atoms with van der Waals surface area (Å²) in [4.78, 5) is -0.295. The molecule has 0 saturated heterocycles. The van der Waals surface area contributed by atoms with Gasteiger partial charge in [0.1, 0.15) is 0 Å². The molecule has 134 valence electrons. The Hall–Kier alpha value is -1.68. The van der Waals surface area contributed by atoms with Crippen molar-refractivity contribution in [2.75, 3.05) is 0 Å². The zero-order valence-electron chi connectivity index (χ0n) is 14.6. The molecule has 0 aliphatic heterocycles. The fourth-order valence-electron chi connectivity index (χ4n) is 3.95. The fourth-order valence-corrected chi connectivity index (χ4v) is 4.41. The zero-order valence-corrected chi connectivity index (χ0v) is 15.4. The van der Waals surface area contributed by atoms with Crippen LogP contribution in [0.2, 0.25) is 0 Å². The summed E-state index contributed by atoms with van der Waals surface area (Å²) in [6.45, 7) is 2.26. The average Bonchev–Trinajstić information content (AvgIpc) is 2.62. The van der Waals surface area contributed by atoms with Crippen LogP contribution in [0.5, 0.6) is 0 Å². The van der Waals surface area contributed by atoms with E-state index < -0.39 is 10.2 Å². The van der Waals surface area contributed by atoms with E-state index in [1.54, 1.807) is 12.1 Å². The summed E-state index contributed by atoms with van der Waals surface area (Å²) >= 11 is 0. The van der Waals surface area contributed by atoms with Crippen LogP contribution in [0.3, 0.4) is 0 Å². The van der Waals surface area contributed by atoms with E-state index in [-0.39, 0.29) is 4.90 Å². The molecule has 1 fully saturated rings. The van der Waals surface area contributed by atoms with Crippen LogP contribution in [0.4, 0.5) is 3.89 Å². The minimum absolute atomic E-state index is 0.295. The minimum atomic E-state index is -4.63. The average molecular weight is 360 g/mol. The molecule has 0 radical (unpaired) electrons. The molecule has 0 aromatic heterocycles. The van der Waals surface area contributed by atoms with E-state index >= 15 is 0 Å². The highest BCUT2D eigenvalue weighted by Gasteiger charge is 2.21. The molecular formula is C21H25FO2S.